The minimum Gasteiger partial charge on any atom is -0.387 e. The number of rotatable bonds is 6. The Kier molecular flexibility index (Phi) is 5.91. The van der Waals surface area contributed by atoms with Gasteiger partial charge in [-0.1, -0.05) is 6.07 Å². The zero-order valence-corrected chi connectivity index (χ0v) is 20.6. The molecule has 4 N–H and O–H groups in total. The Bertz CT molecular complexity index is 1450. The van der Waals surface area contributed by atoms with Crippen LogP contribution in [0.1, 0.15) is 21.6 Å². The molecular weight excluding hydrogens is 480 g/mol. The van der Waals surface area contributed by atoms with Gasteiger partial charge in [-0.3, -0.25) is 15.4 Å². The first-order valence-electron chi connectivity index (χ1n) is 11.9. The third kappa shape index (κ3) is 3.93. The van der Waals surface area contributed by atoms with Gasteiger partial charge in [-0.05, 0) is 35.9 Å². The summed E-state index contributed by atoms with van der Waals surface area (Å²) in [7, 11) is 1.86. The van der Waals surface area contributed by atoms with Gasteiger partial charge in [-0.25, -0.2) is 8.78 Å². The zero-order chi connectivity index (χ0) is 24.8. The van der Waals surface area contributed by atoms with E-state index in [-0.39, 0.29) is 12.1 Å². The lowest BCUT2D eigenvalue weighted by atomic mass is 10.0. The second-order valence-corrected chi connectivity index (χ2v) is 10.2. The molecular formula is C27H26F2N5OS+. The van der Waals surface area contributed by atoms with E-state index in [1.807, 2.05) is 36.2 Å². The smallest absolute Gasteiger partial charge is 0.169 e. The molecule has 6 rings (SSSR count). The van der Waals surface area contributed by atoms with Gasteiger partial charge in [-0.2, -0.15) is 5.10 Å². The molecule has 0 saturated carbocycles. The molecule has 0 amide bonds. The molecule has 0 bridgehead atoms. The van der Waals surface area contributed by atoms with Crippen LogP contribution >= 0.6 is 11.3 Å². The average Bonchev–Trinajstić information content (AvgIpc) is 3.58. The number of nitrogens with zero attached hydrogens (tertiary/aromatic N) is 2. The highest BCUT2D eigenvalue weighted by atomic mass is 32.1. The van der Waals surface area contributed by atoms with Crippen LogP contribution in [0.15, 0.2) is 36.4 Å². The Morgan fingerprint density at radius 3 is 2.64 bits per heavy atom. The van der Waals surface area contributed by atoms with E-state index in [9.17, 15) is 8.78 Å². The van der Waals surface area contributed by atoms with Crippen molar-refractivity contribution in [3.63, 3.8) is 0 Å². The van der Waals surface area contributed by atoms with Gasteiger partial charge in [0.15, 0.2) is 6.21 Å². The van der Waals surface area contributed by atoms with Crippen molar-refractivity contribution in [1.29, 1.82) is 0 Å². The molecule has 1 fully saturated rings. The summed E-state index contributed by atoms with van der Waals surface area (Å²) in [5.41, 5.74) is 7.57. The predicted molar refractivity (Wildman–Crippen MR) is 138 cm³/mol. The highest BCUT2D eigenvalue weighted by Gasteiger charge is 2.28. The number of nitrogens with two attached hydrogens (primary N) is 1. The fourth-order valence-electron chi connectivity index (χ4n) is 5.02. The molecule has 1 aliphatic heterocycles. The van der Waals surface area contributed by atoms with Crippen LogP contribution in [0.3, 0.4) is 0 Å². The van der Waals surface area contributed by atoms with Gasteiger partial charge < -0.3 is 10.1 Å². The fourth-order valence-corrected chi connectivity index (χ4v) is 6.18. The number of fused-ring (bicyclic) bond motifs is 3. The number of aromatic amines is 1. The molecule has 0 spiro atoms. The Balaban J connectivity index is 1.29. The second kappa shape index (κ2) is 9.24. The van der Waals surface area contributed by atoms with E-state index < -0.39 is 11.6 Å². The number of anilines is 1. The number of hydrogen-bond acceptors (Lipinski definition) is 5. The van der Waals surface area contributed by atoms with Crippen LogP contribution in [-0.2, 0) is 17.7 Å². The van der Waals surface area contributed by atoms with E-state index in [2.05, 4.69) is 15.5 Å². The van der Waals surface area contributed by atoms with Gasteiger partial charge in [0, 0.05) is 70.8 Å². The van der Waals surface area contributed by atoms with Crippen LogP contribution in [0.25, 0.3) is 33.0 Å². The van der Waals surface area contributed by atoms with Gasteiger partial charge >= 0.3 is 0 Å². The third-order valence-corrected chi connectivity index (χ3v) is 8.15. The van der Waals surface area contributed by atoms with Crippen LogP contribution in [0.5, 0.6) is 0 Å². The Labute approximate surface area is 211 Å². The lowest BCUT2D eigenvalue weighted by molar-refractivity contribution is -0.104. The molecule has 36 heavy (non-hydrogen) atoms. The second-order valence-electron chi connectivity index (χ2n) is 9.08. The van der Waals surface area contributed by atoms with Crippen LogP contribution < -0.4 is 10.7 Å². The molecule has 184 valence electrons. The predicted octanol–water partition coefficient (Wildman–Crippen LogP) is 3.71. The van der Waals surface area contributed by atoms with Crippen molar-refractivity contribution in [2.75, 3.05) is 38.7 Å². The lowest BCUT2D eigenvalue weighted by Gasteiger charge is -2.26. The molecule has 2 aliphatic rings. The minimum atomic E-state index is -0.506. The average molecular weight is 507 g/mol. The molecule has 4 aromatic rings. The first kappa shape index (κ1) is 23.0. The standard InChI is InChI=1S/C27H25F2N5OS/c1-31-23-10-15(2-3-16(23)13-30)26-19-12-25-18(27(19)33-32-26)11-24(36-25)17-8-21(28)20(22(29)9-17)14-34-4-6-35-7-5-34/h2-3,8-11,13,30-31H,4-7,12,14H2,1H3,(H,32,33)/p+1. The van der Waals surface area contributed by atoms with Gasteiger partial charge in [-0.15, -0.1) is 11.3 Å². The molecule has 0 unspecified atom stereocenters. The van der Waals surface area contributed by atoms with E-state index in [0.29, 0.717) is 31.9 Å². The van der Waals surface area contributed by atoms with Crippen molar-refractivity contribution < 1.29 is 18.9 Å². The molecule has 0 radical (unpaired) electrons. The lowest BCUT2D eigenvalue weighted by Crippen LogP contribution is -2.36. The summed E-state index contributed by atoms with van der Waals surface area (Å²) in [6, 6.07) is 10.9. The SMILES string of the molecule is CNc1cc(-c2n[nH]c3c2Cc2sc(-c4cc(F)c(CN5CCOCC5)c(F)c4)cc2-3)ccc1C=[NH2+]. The third-order valence-electron chi connectivity index (χ3n) is 6.97. The van der Waals surface area contributed by atoms with Crippen LogP contribution in [0, 0.1) is 11.6 Å². The van der Waals surface area contributed by atoms with Crippen LogP contribution in [0.4, 0.5) is 14.5 Å². The van der Waals surface area contributed by atoms with Crippen molar-refractivity contribution in [2.45, 2.75) is 13.0 Å². The molecule has 6 nitrogen and oxygen atoms in total. The number of H-pyrrole nitrogens is 1. The maximum atomic E-state index is 15.0. The Morgan fingerprint density at radius 2 is 1.92 bits per heavy atom. The monoisotopic (exact) mass is 506 g/mol. The van der Waals surface area contributed by atoms with Crippen molar-refractivity contribution in [1.82, 2.24) is 15.1 Å². The summed E-state index contributed by atoms with van der Waals surface area (Å²) in [5, 5.41) is 16.7. The summed E-state index contributed by atoms with van der Waals surface area (Å²) in [4.78, 5) is 4.02. The molecule has 2 aromatic carbocycles. The van der Waals surface area contributed by atoms with Crippen molar-refractivity contribution >= 4 is 23.2 Å². The topological polar surface area (TPSA) is 78.8 Å². The molecule has 3 heterocycles. The summed E-state index contributed by atoms with van der Waals surface area (Å²) in [6.45, 7) is 2.79. The zero-order valence-electron chi connectivity index (χ0n) is 19.8. The maximum absolute atomic E-state index is 15.0. The summed E-state index contributed by atoms with van der Waals surface area (Å²) in [6.07, 6.45) is 2.30. The van der Waals surface area contributed by atoms with E-state index in [1.54, 1.807) is 17.6 Å². The molecule has 1 saturated heterocycles. The van der Waals surface area contributed by atoms with Gasteiger partial charge in [0.1, 0.15) is 11.6 Å². The number of nitrogens with one attached hydrogen (secondary N) is 2. The van der Waals surface area contributed by atoms with Crippen molar-refractivity contribution in [3.05, 3.63) is 69.6 Å². The molecule has 2 aromatic heterocycles. The van der Waals surface area contributed by atoms with Gasteiger partial charge in [0.05, 0.1) is 30.2 Å². The number of ether oxygens (including phenoxy) is 1. The fraction of sp³-hybridized carbons (Fsp3) is 0.259. The van der Waals surface area contributed by atoms with Crippen molar-refractivity contribution in [3.8, 4) is 33.0 Å². The Morgan fingerprint density at radius 1 is 1.14 bits per heavy atom. The highest BCUT2D eigenvalue weighted by Crippen LogP contribution is 2.47. The number of halogens is 2. The summed E-state index contributed by atoms with van der Waals surface area (Å²) >= 11 is 1.57. The number of morpholine rings is 1. The molecule has 0 atom stereocenters. The normalized spacial score (nSPS) is 15.1. The number of hydrogen-bond donors (Lipinski definition) is 3. The first-order valence-corrected chi connectivity index (χ1v) is 12.7. The van der Waals surface area contributed by atoms with Crippen LogP contribution in [-0.4, -0.2) is 54.7 Å². The van der Waals surface area contributed by atoms with E-state index in [0.717, 1.165) is 55.5 Å². The summed E-state index contributed by atoms with van der Waals surface area (Å²) < 4.78 is 35.3. The van der Waals surface area contributed by atoms with Gasteiger partial charge in [0.2, 0.25) is 0 Å². The first-order chi connectivity index (χ1) is 17.6. The maximum Gasteiger partial charge on any atom is 0.169 e. The van der Waals surface area contributed by atoms with Crippen LogP contribution in [0.2, 0.25) is 0 Å². The van der Waals surface area contributed by atoms with E-state index in [4.69, 9.17) is 10.1 Å². The van der Waals surface area contributed by atoms with Crippen molar-refractivity contribution in [2.24, 2.45) is 0 Å². The van der Waals surface area contributed by atoms with Gasteiger partial charge in [0.25, 0.3) is 0 Å². The number of thiophene rings is 1. The largest absolute Gasteiger partial charge is 0.387 e. The molecule has 1 aliphatic carbocycles. The quantitative estimate of drug-likeness (QED) is 0.307. The Hall–Kier alpha value is -3.40. The number of benzene rings is 2. The van der Waals surface area contributed by atoms with E-state index >= 15 is 0 Å². The highest BCUT2D eigenvalue weighted by molar-refractivity contribution is 7.16. The summed E-state index contributed by atoms with van der Waals surface area (Å²) in [5.74, 6) is -1.01. The van der Waals surface area contributed by atoms with E-state index in [1.165, 1.54) is 12.1 Å². The molecule has 9 heteroatoms. The minimum absolute atomic E-state index is 0.115. The number of aromatic nitrogens is 2.